The van der Waals surface area contributed by atoms with Gasteiger partial charge in [0.15, 0.2) is 0 Å². The van der Waals surface area contributed by atoms with Crippen LogP contribution in [0.1, 0.15) is 26.2 Å². The summed E-state index contributed by atoms with van der Waals surface area (Å²) < 4.78 is 0. The normalized spacial score (nSPS) is 33.4. The van der Waals surface area contributed by atoms with Gasteiger partial charge >= 0.3 is 0 Å². The zero-order chi connectivity index (χ0) is 9.97. The number of hydrogen-bond donors (Lipinski definition) is 1. The smallest absolute Gasteiger partial charge is 0.0963 e. The fraction of sp³-hybridized carbons (Fsp3) is 0.909. The minimum Gasteiger partial charge on any atom is -0.374 e. The van der Waals surface area contributed by atoms with Gasteiger partial charge in [0.2, 0.25) is 0 Å². The van der Waals surface area contributed by atoms with Crippen LogP contribution in [0.3, 0.4) is 0 Å². The molecule has 0 aliphatic carbocycles. The molecular weight excluding hydrogens is 174 g/mol. The van der Waals surface area contributed by atoms with Crippen LogP contribution in [0.5, 0.6) is 0 Å². The van der Waals surface area contributed by atoms with E-state index in [0.717, 1.165) is 31.5 Å². The van der Waals surface area contributed by atoms with Crippen molar-refractivity contribution < 1.29 is 0 Å². The number of hydrogen-bond acceptors (Lipinski definition) is 3. The van der Waals surface area contributed by atoms with Gasteiger partial charge in [-0.25, -0.2) is 0 Å². The lowest BCUT2D eigenvalue weighted by Crippen LogP contribution is -2.29. The number of amidine groups is 1. The molecule has 0 saturated carbocycles. The predicted octanol–water partition coefficient (Wildman–Crippen LogP) is 1.11. The van der Waals surface area contributed by atoms with Crippen molar-refractivity contribution in [3.63, 3.8) is 0 Å². The third-order valence-electron chi connectivity index (χ3n) is 3.44. The third-order valence-corrected chi connectivity index (χ3v) is 3.44. The maximum atomic E-state index is 4.43. The number of nitrogens with one attached hydrogen (secondary N) is 1. The molecule has 0 amide bonds. The number of aliphatic imine (C=N–C) groups is 1. The van der Waals surface area contributed by atoms with Gasteiger partial charge in [-0.15, -0.1) is 0 Å². The van der Waals surface area contributed by atoms with Gasteiger partial charge in [-0.1, -0.05) is 0 Å². The molecule has 0 aromatic heterocycles. The molecule has 0 aromatic rings. The molecule has 2 unspecified atom stereocenters. The van der Waals surface area contributed by atoms with Crippen molar-refractivity contribution in [1.82, 2.24) is 10.2 Å². The molecule has 0 bridgehead atoms. The summed E-state index contributed by atoms with van der Waals surface area (Å²) in [7, 11) is 2.22. The van der Waals surface area contributed by atoms with Gasteiger partial charge in [-0.3, -0.25) is 4.99 Å². The van der Waals surface area contributed by atoms with Crippen molar-refractivity contribution >= 4 is 5.84 Å². The van der Waals surface area contributed by atoms with Gasteiger partial charge in [0.25, 0.3) is 0 Å². The van der Waals surface area contributed by atoms with Gasteiger partial charge < -0.3 is 10.2 Å². The second kappa shape index (κ2) is 4.30. The lowest BCUT2D eigenvalue weighted by atomic mass is 10.1. The molecule has 2 aliphatic rings. The topological polar surface area (TPSA) is 27.6 Å². The number of likely N-dealkylation sites (tertiary alicyclic amines) is 1. The summed E-state index contributed by atoms with van der Waals surface area (Å²) >= 11 is 0. The zero-order valence-corrected chi connectivity index (χ0v) is 9.29. The van der Waals surface area contributed by atoms with Crippen LogP contribution in [0.4, 0.5) is 0 Å². The Morgan fingerprint density at radius 1 is 1.57 bits per heavy atom. The molecule has 1 N–H and O–H groups in total. The molecule has 2 aliphatic heterocycles. The summed E-state index contributed by atoms with van der Waals surface area (Å²) in [6, 6.07) is 0.757. The molecule has 14 heavy (non-hydrogen) atoms. The number of nitrogens with zero attached hydrogens (tertiary/aromatic N) is 2. The Morgan fingerprint density at radius 3 is 3.00 bits per heavy atom. The Morgan fingerprint density at radius 2 is 2.43 bits per heavy atom. The van der Waals surface area contributed by atoms with Crippen molar-refractivity contribution in [3.05, 3.63) is 0 Å². The highest BCUT2D eigenvalue weighted by Crippen LogP contribution is 2.20. The average Bonchev–Trinajstić information content (AvgIpc) is 2.74. The minimum absolute atomic E-state index is 0.757. The van der Waals surface area contributed by atoms with E-state index in [9.17, 15) is 0 Å². The summed E-state index contributed by atoms with van der Waals surface area (Å²) in [5.74, 6) is 2.06. The van der Waals surface area contributed by atoms with Crippen molar-refractivity contribution in [2.24, 2.45) is 10.9 Å². The van der Waals surface area contributed by atoms with Crippen molar-refractivity contribution in [2.75, 3.05) is 26.7 Å². The van der Waals surface area contributed by atoms with Crippen LogP contribution < -0.4 is 5.32 Å². The second-order valence-corrected chi connectivity index (χ2v) is 4.70. The molecule has 2 heterocycles. The molecule has 3 nitrogen and oxygen atoms in total. The van der Waals surface area contributed by atoms with Gasteiger partial charge in [0.1, 0.15) is 0 Å². The standard InChI is InChI=1S/C11H21N3/c1-9-6-10(8-14(9)2)7-13-11-4-3-5-12-11/h9-10H,3-8H2,1-2H3,(H,12,13). The summed E-state index contributed by atoms with van der Waals surface area (Å²) in [4.78, 5) is 6.87. The van der Waals surface area contributed by atoms with Crippen molar-refractivity contribution in [3.8, 4) is 0 Å². The Bertz CT molecular complexity index is 215. The van der Waals surface area contributed by atoms with Crippen LogP contribution in [0.2, 0.25) is 0 Å². The van der Waals surface area contributed by atoms with E-state index >= 15 is 0 Å². The Balaban J connectivity index is 1.71. The SMILES string of the molecule is CC1CC(CNC2=NCCC2)CN1C. The first-order chi connectivity index (χ1) is 6.75. The van der Waals surface area contributed by atoms with E-state index < -0.39 is 0 Å². The van der Waals surface area contributed by atoms with E-state index in [2.05, 4.69) is 29.2 Å². The quantitative estimate of drug-likeness (QED) is 0.715. The first-order valence-corrected chi connectivity index (χ1v) is 5.73. The minimum atomic E-state index is 0.757. The molecule has 3 heteroatoms. The largest absolute Gasteiger partial charge is 0.374 e. The molecule has 80 valence electrons. The second-order valence-electron chi connectivity index (χ2n) is 4.70. The molecule has 2 atom stereocenters. The molecule has 0 spiro atoms. The maximum Gasteiger partial charge on any atom is 0.0963 e. The zero-order valence-electron chi connectivity index (χ0n) is 9.29. The molecular formula is C11H21N3. The highest BCUT2D eigenvalue weighted by molar-refractivity contribution is 5.83. The molecule has 0 radical (unpaired) electrons. The van der Waals surface area contributed by atoms with Gasteiger partial charge in [0.05, 0.1) is 5.84 Å². The Hall–Kier alpha value is -0.570. The highest BCUT2D eigenvalue weighted by Gasteiger charge is 2.25. The Labute approximate surface area is 86.6 Å². The average molecular weight is 195 g/mol. The van der Waals surface area contributed by atoms with E-state index in [1.165, 1.54) is 25.2 Å². The van der Waals surface area contributed by atoms with Gasteiger partial charge in [-0.2, -0.15) is 0 Å². The third kappa shape index (κ3) is 2.27. The van der Waals surface area contributed by atoms with E-state index in [0.29, 0.717) is 0 Å². The van der Waals surface area contributed by atoms with Gasteiger partial charge in [0, 0.05) is 32.1 Å². The summed E-state index contributed by atoms with van der Waals surface area (Å²) in [5.41, 5.74) is 0. The van der Waals surface area contributed by atoms with Crippen LogP contribution in [-0.4, -0.2) is 43.5 Å². The van der Waals surface area contributed by atoms with Gasteiger partial charge in [-0.05, 0) is 32.7 Å². The summed E-state index contributed by atoms with van der Waals surface area (Å²) in [6.07, 6.45) is 3.73. The summed E-state index contributed by atoms with van der Waals surface area (Å²) in [5, 5.41) is 3.49. The van der Waals surface area contributed by atoms with E-state index in [1.807, 2.05) is 0 Å². The summed E-state index contributed by atoms with van der Waals surface area (Å²) in [6.45, 7) is 5.70. The lowest BCUT2D eigenvalue weighted by Gasteiger charge is -2.13. The van der Waals surface area contributed by atoms with E-state index in [1.54, 1.807) is 0 Å². The highest BCUT2D eigenvalue weighted by atomic mass is 15.2. The first kappa shape index (κ1) is 9.97. The molecule has 1 saturated heterocycles. The molecule has 0 aromatic carbocycles. The van der Waals surface area contributed by atoms with Crippen LogP contribution in [0.25, 0.3) is 0 Å². The van der Waals surface area contributed by atoms with Crippen LogP contribution in [0, 0.1) is 5.92 Å². The van der Waals surface area contributed by atoms with Crippen LogP contribution in [0.15, 0.2) is 4.99 Å². The van der Waals surface area contributed by atoms with E-state index in [-0.39, 0.29) is 0 Å². The fourth-order valence-electron chi connectivity index (χ4n) is 2.42. The molecule has 1 fully saturated rings. The van der Waals surface area contributed by atoms with E-state index in [4.69, 9.17) is 0 Å². The van der Waals surface area contributed by atoms with Crippen molar-refractivity contribution in [1.29, 1.82) is 0 Å². The van der Waals surface area contributed by atoms with Crippen molar-refractivity contribution in [2.45, 2.75) is 32.2 Å². The predicted molar refractivity (Wildman–Crippen MR) is 59.7 cm³/mol. The first-order valence-electron chi connectivity index (χ1n) is 5.73. The number of rotatable bonds is 2. The monoisotopic (exact) mass is 195 g/mol. The van der Waals surface area contributed by atoms with Crippen LogP contribution >= 0.6 is 0 Å². The van der Waals surface area contributed by atoms with Crippen LogP contribution in [-0.2, 0) is 0 Å². The molecule has 2 rings (SSSR count). The lowest BCUT2D eigenvalue weighted by molar-refractivity contribution is 0.325. The Kier molecular flexibility index (Phi) is 3.06. The fourth-order valence-corrected chi connectivity index (χ4v) is 2.42. The maximum absolute atomic E-state index is 4.43.